The third kappa shape index (κ3) is 2.48. The molecule has 0 aliphatic rings. The quantitative estimate of drug-likeness (QED) is 0.571. The third-order valence-electron chi connectivity index (χ3n) is 1.73. The molecule has 0 aromatic heterocycles. The number of rotatable bonds is 3. The maximum atomic E-state index is 12.9. The van der Waals surface area contributed by atoms with Crippen LogP contribution in [0.4, 0.5) is 13.2 Å². The molecule has 0 spiro atoms. The molecule has 0 atom stereocenters. The normalized spacial score (nSPS) is 11.4. The molecule has 0 heterocycles. The van der Waals surface area contributed by atoms with Crippen LogP contribution in [0.5, 0.6) is 0 Å². The fourth-order valence-electron chi connectivity index (χ4n) is 0.954. The second kappa shape index (κ2) is 3.69. The van der Waals surface area contributed by atoms with E-state index in [0.717, 1.165) is 12.1 Å². The van der Waals surface area contributed by atoms with E-state index in [4.69, 9.17) is 11.1 Å². The van der Waals surface area contributed by atoms with Crippen molar-refractivity contribution in [2.75, 3.05) is 0 Å². The van der Waals surface area contributed by atoms with E-state index < -0.39 is 24.0 Å². The summed E-state index contributed by atoms with van der Waals surface area (Å²) in [6.07, 6.45) is -0.678. The Kier molecular flexibility index (Phi) is 2.78. The van der Waals surface area contributed by atoms with Crippen molar-refractivity contribution in [2.45, 2.75) is 12.3 Å². The fraction of sp³-hybridized carbons (Fsp3) is 0.222. The van der Waals surface area contributed by atoms with Crippen LogP contribution in [0.1, 0.15) is 5.56 Å². The SMILES string of the molecule is N=C(N)C(F)(F)Cc1ccc(F)cc1. The van der Waals surface area contributed by atoms with Gasteiger partial charge in [-0.15, -0.1) is 0 Å². The van der Waals surface area contributed by atoms with Gasteiger partial charge in [0.2, 0.25) is 0 Å². The topological polar surface area (TPSA) is 49.9 Å². The molecular weight excluding hydrogens is 193 g/mol. The van der Waals surface area contributed by atoms with Crippen LogP contribution in [0.3, 0.4) is 0 Å². The third-order valence-corrected chi connectivity index (χ3v) is 1.73. The van der Waals surface area contributed by atoms with Gasteiger partial charge in [-0.3, -0.25) is 5.41 Å². The van der Waals surface area contributed by atoms with Crippen LogP contribution in [0, 0.1) is 11.2 Å². The molecule has 0 unspecified atom stereocenters. The molecule has 0 saturated heterocycles. The van der Waals surface area contributed by atoms with E-state index in [1.807, 2.05) is 0 Å². The van der Waals surface area contributed by atoms with Gasteiger partial charge in [-0.25, -0.2) is 4.39 Å². The first-order valence-corrected chi connectivity index (χ1v) is 3.88. The number of hydrogen-bond donors (Lipinski definition) is 2. The molecule has 0 bridgehead atoms. The van der Waals surface area contributed by atoms with E-state index in [1.54, 1.807) is 0 Å². The highest BCUT2D eigenvalue weighted by molar-refractivity contribution is 5.84. The molecule has 1 aromatic rings. The summed E-state index contributed by atoms with van der Waals surface area (Å²) in [4.78, 5) is 0. The first-order chi connectivity index (χ1) is 6.42. The minimum absolute atomic E-state index is 0.242. The lowest BCUT2D eigenvalue weighted by molar-refractivity contribution is 0.0761. The molecule has 0 saturated carbocycles. The van der Waals surface area contributed by atoms with Crippen LogP contribution in [0.15, 0.2) is 24.3 Å². The Morgan fingerprint density at radius 3 is 2.21 bits per heavy atom. The molecule has 1 rings (SSSR count). The Morgan fingerprint density at radius 2 is 1.79 bits per heavy atom. The summed E-state index contributed by atoms with van der Waals surface area (Å²) in [6.45, 7) is 0. The van der Waals surface area contributed by atoms with Crippen LogP contribution in [-0.4, -0.2) is 11.8 Å². The van der Waals surface area contributed by atoms with Gasteiger partial charge in [0.1, 0.15) is 5.82 Å². The number of alkyl halides is 2. The van der Waals surface area contributed by atoms with Crippen molar-refractivity contribution < 1.29 is 13.2 Å². The number of amidine groups is 1. The molecule has 3 N–H and O–H groups in total. The van der Waals surface area contributed by atoms with Gasteiger partial charge >= 0.3 is 5.92 Å². The first kappa shape index (κ1) is 10.6. The van der Waals surface area contributed by atoms with E-state index in [-0.39, 0.29) is 5.56 Å². The van der Waals surface area contributed by atoms with Gasteiger partial charge in [-0.2, -0.15) is 8.78 Å². The predicted octanol–water partition coefficient (Wildman–Crippen LogP) is 1.94. The summed E-state index contributed by atoms with van der Waals surface area (Å²) in [5, 5.41) is 6.64. The molecule has 0 radical (unpaired) electrons. The second-order valence-electron chi connectivity index (χ2n) is 2.92. The minimum atomic E-state index is -3.36. The van der Waals surface area contributed by atoms with Crippen LogP contribution in [0.2, 0.25) is 0 Å². The summed E-state index contributed by atoms with van der Waals surface area (Å²) >= 11 is 0. The standard InChI is InChI=1S/C9H9F3N2/c10-7-3-1-6(2-4-7)5-9(11,12)8(13)14/h1-4H,5H2,(H3,13,14). The number of hydrogen-bond acceptors (Lipinski definition) is 1. The monoisotopic (exact) mass is 202 g/mol. The van der Waals surface area contributed by atoms with Crippen molar-refractivity contribution in [3.8, 4) is 0 Å². The highest BCUT2D eigenvalue weighted by Crippen LogP contribution is 2.19. The lowest BCUT2D eigenvalue weighted by atomic mass is 10.1. The molecule has 2 nitrogen and oxygen atoms in total. The van der Waals surface area contributed by atoms with Crippen molar-refractivity contribution in [3.63, 3.8) is 0 Å². The van der Waals surface area contributed by atoms with Crippen LogP contribution < -0.4 is 5.73 Å². The zero-order chi connectivity index (χ0) is 10.8. The van der Waals surface area contributed by atoms with Gasteiger partial charge in [0.15, 0.2) is 5.84 Å². The summed E-state index contributed by atoms with van der Waals surface area (Å²) in [6, 6.07) is 4.66. The van der Waals surface area contributed by atoms with E-state index in [0.29, 0.717) is 0 Å². The molecule has 0 aliphatic heterocycles. The Labute approximate surface area is 79.0 Å². The fourth-order valence-corrected chi connectivity index (χ4v) is 0.954. The highest BCUT2D eigenvalue weighted by atomic mass is 19.3. The van der Waals surface area contributed by atoms with Gasteiger partial charge in [0.25, 0.3) is 0 Å². The van der Waals surface area contributed by atoms with Gasteiger partial charge in [-0.05, 0) is 17.7 Å². The summed E-state index contributed by atoms with van der Waals surface area (Å²) in [5.41, 5.74) is 4.95. The number of halogens is 3. The Hall–Kier alpha value is -1.52. The maximum absolute atomic E-state index is 12.9. The molecule has 5 heteroatoms. The average molecular weight is 202 g/mol. The van der Waals surface area contributed by atoms with Crippen LogP contribution in [0.25, 0.3) is 0 Å². The van der Waals surface area contributed by atoms with Crippen molar-refractivity contribution in [3.05, 3.63) is 35.6 Å². The maximum Gasteiger partial charge on any atom is 0.307 e. The molecule has 1 aromatic carbocycles. The zero-order valence-corrected chi connectivity index (χ0v) is 7.23. The Bertz CT molecular complexity index is 332. The number of benzene rings is 1. The molecular formula is C9H9F3N2. The largest absolute Gasteiger partial charge is 0.383 e. The molecule has 0 fully saturated rings. The zero-order valence-electron chi connectivity index (χ0n) is 7.23. The van der Waals surface area contributed by atoms with Gasteiger partial charge in [0, 0.05) is 6.42 Å². The second-order valence-corrected chi connectivity index (χ2v) is 2.92. The Balaban J connectivity index is 2.79. The average Bonchev–Trinajstić information content (AvgIpc) is 2.08. The van der Waals surface area contributed by atoms with Crippen molar-refractivity contribution in [2.24, 2.45) is 5.73 Å². The predicted molar refractivity (Wildman–Crippen MR) is 47.0 cm³/mol. The molecule has 76 valence electrons. The highest BCUT2D eigenvalue weighted by Gasteiger charge is 2.33. The van der Waals surface area contributed by atoms with Gasteiger partial charge in [-0.1, -0.05) is 12.1 Å². The molecule has 0 aliphatic carbocycles. The molecule has 0 amide bonds. The van der Waals surface area contributed by atoms with Crippen LogP contribution in [-0.2, 0) is 6.42 Å². The van der Waals surface area contributed by atoms with Crippen molar-refractivity contribution >= 4 is 5.84 Å². The van der Waals surface area contributed by atoms with E-state index >= 15 is 0 Å². The minimum Gasteiger partial charge on any atom is -0.383 e. The van der Waals surface area contributed by atoms with E-state index in [9.17, 15) is 13.2 Å². The lowest BCUT2D eigenvalue weighted by Crippen LogP contribution is -2.36. The number of nitrogens with two attached hydrogens (primary N) is 1. The summed E-state index contributed by atoms with van der Waals surface area (Å²) in [7, 11) is 0. The molecule has 14 heavy (non-hydrogen) atoms. The van der Waals surface area contributed by atoms with Gasteiger partial charge < -0.3 is 5.73 Å². The smallest absolute Gasteiger partial charge is 0.307 e. The first-order valence-electron chi connectivity index (χ1n) is 3.88. The van der Waals surface area contributed by atoms with Crippen LogP contribution >= 0.6 is 0 Å². The number of nitrogens with one attached hydrogen (secondary N) is 1. The van der Waals surface area contributed by atoms with Gasteiger partial charge in [0.05, 0.1) is 0 Å². The lowest BCUT2D eigenvalue weighted by Gasteiger charge is -2.13. The Morgan fingerprint density at radius 1 is 1.29 bits per heavy atom. The van der Waals surface area contributed by atoms with Crippen molar-refractivity contribution in [1.82, 2.24) is 0 Å². The summed E-state index contributed by atoms with van der Waals surface area (Å²) in [5.74, 6) is -5.03. The summed E-state index contributed by atoms with van der Waals surface area (Å²) < 4.78 is 38.2. The van der Waals surface area contributed by atoms with Crippen molar-refractivity contribution in [1.29, 1.82) is 5.41 Å². The van der Waals surface area contributed by atoms with E-state index in [1.165, 1.54) is 12.1 Å². The van der Waals surface area contributed by atoms with E-state index in [2.05, 4.69) is 0 Å².